The SMILES string of the molecule is COc1ccc(CCNC[C@H](O)COc2ccccc2-c2nc(-c3cccs3)c[nH]2)cc1OC. The second kappa shape index (κ2) is 11.7. The molecule has 0 aliphatic rings. The van der Waals surface area contributed by atoms with Crippen LogP contribution in [0.4, 0.5) is 0 Å². The maximum absolute atomic E-state index is 10.4. The number of hydrogen-bond donors (Lipinski definition) is 3. The summed E-state index contributed by atoms with van der Waals surface area (Å²) in [7, 11) is 3.25. The minimum atomic E-state index is -0.642. The van der Waals surface area contributed by atoms with Crippen molar-refractivity contribution in [1.82, 2.24) is 15.3 Å². The van der Waals surface area contributed by atoms with Crippen molar-refractivity contribution in [2.75, 3.05) is 33.9 Å². The Bertz CT molecular complexity index is 1180. The lowest BCUT2D eigenvalue weighted by Gasteiger charge is -2.15. The molecule has 2 aromatic heterocycles. The van der Waals surface area contributed by atoms with E-state index in [0.717, 1.165) is 40.5 Å². The zero-order valence-electron chi connectivity index (χ0n) is 19.3. The van der Waals surface area contributed by atoms with Gasteiger partial charge in [0.2, 0.25) is 0 Å². The lowest BCUT2D eigenvalue weighted by atomic mass is 10.1. The smallest absolute Gasteiger partial charge is 0.160 e. The van der Waals surface area contributed by atoms with Crippen molar-refractivity contribution in [1.29, 1.82) is 0 Å². The Morgan fingerprint density at radius 3 is 2.68 bits per heavy atom. The highest BCUT2D eigenvalue weighted by molar-refractivity contribution is 7.13. The number of aromatic amines is 1. The van der Waals surface area contributed by atoms with E-state index in [0.29, 0.717) is 23.8 Å². The molecule has 7 nitrogen and oxygen atoms in total. The standard InChI is InChI=1S/C26H29N3O4S/c1-31-23-10-9-18(14-24(23)32-2)11-12-27-15-19(30)17-33-22-7-4-3-6-20(22)26-28-16-21(29-26)25-8-5-13-34-25/h3-10,13-14,16,19,27,30H,11-12,15,17H2,1-2H3,(H,28,29)/t19-/m0/s1. The van der Waals surface area contributed by atoms with Crippen molar-refractivity contribution >= 4 is 11.3 Å². The Labute approximate surface area is 203 Å². The predicted octanol–water partition coefficient (Wildman–Crippen LogP) is 4.39. The molecule has 0 saturated heterocycles. The lowest BCUT2D eigenvalue weighted by molar-refractivity contribution is 0.107. The summed E-state index contributed by atoms with van der Waals surface area (Å²) in [5, 5.41) is 15.7. The first-order chi connectivity index (χ1) is 16.7. The highest BCUT2D eigenvalue weighted by Gasteiger charge is 2.13. The van der Waals surface area contributed by atoms with Crippen LogP contribution in [0.15, 0.2) is 66.2 Å². The molecule has 0 spiro atoms. The summed E-state index contributed by atoms with van der Waals surface area (Å²) in [5.74, 6) is 2.84. The molecule has 3 N–H and O–H groups in total. The zero-order valence-corrected chi connectivity index (χ0v) is 20.1. The van der Waals surface area contributed by atoms with Crippen LogP contribution in [0, 0.1) is 0 Å². The van der Waals surface area contributed by atoms with Gasteiger partial charge in [0.15, 0.2) is 11.5 Å². The van der Waals surface area contributed by atoms with Gasteiger partial charge in [-0.25, -0.2) is 4.98 Å². The Morgan fingerprint density at radius 1 is 1.03 bits per heavy atom. The third-order valence-corrected chi connectivity index (χ3v) is 6.24. The Balaban J connectivity index is 1.27. The first-order valence-corrected chi connectivity index (χ1v) is 12.0. The molecule has 1 atom stereocenters. The van der Waals surface area contributed by atoms with E-state index in [2.05, 4.69) is 10.3 Å². The molecule has 0 bridgehead atoms. The van der Waals surface area contributed by atoms with Crippen molar-refractivity contribution in [3.63, 3.8) is 0 Å². The molecule has 8 heteroatoms. The fourth-order valence-corrected chi connectivity index (χ4v) is 4.27. The van der Waals surface area contributed by atoms with Crippen molar-refractivity contribution in [2.45, 2.75) is 12.5 Å². The normalized spacial score (nSPS) is 11.9. The van der Waals surface area contributed by atoms with Gasteiger partial charge in [-0.1, -0.05) is 24.3 Å². The Hall–Kier alpha value is -3.33. The first kappa shape index (κ1) is 23.8. The van der Waals surface area contributed by atoms with Crippen LogP contribution in [-0.2, 0) is 6.42 Å². The molecule has 34 heavy (non-hydrogen) atoms. The van der Waals surface area contributed by atoms with Crippen molar-refractivity contribution in [3.8, 4) is 39.2 Å². The molecule has 4 aromatic rings. The minimum absolute atomic E-state index is 0.179. The van der Waals surface area contributed by atoms with Gasteiger partial charge in [-0.15, -0.1) is 11.3 Å². The van der Waals surface area contributed by atoms with E-state index in [1.807, 2.05) is 66.2 Å². The predicted molar refractivity (Wildman–Crippen MR) is 135 cm³/mol. The second-order valence-corrected chi connectivity index (χ2v) is 8.66. The molecule has 0 unspecified atom stereocenters. The van der Waals surface area contributed by atoms with Crippen LogP contribution in [0.3, 0.4) is 0 Å². The van der Waals surface area contributed by atoms with Gasteiger partial charge < -0.3 is 29.6 Å². The third-order valence-electron chi connectivity index (χ3n) is 5.34. The van der Waals surface area contributed by atoms with Gasteiger partial charge in [-0.3, -0.25) is 0 Å². The van der Waals surface area contributed by atoms with Crippen LogP contribution in [0.2, 0.25) is 0 Å². The van der Waals surface area contributed by atoms with Crippen molar-refractivity contribution in [3.05, 3.63) is 71.7 Å². The highest BCUT2D eigenvalue weighted by Crippen LogP contribution is 2.31. The molecule has 0 aliphatic heterocycles. The molecule has 0 fully saturated rings. The number of nitrogens with one attached hydrogen (secondary N) is 2. The monoisotopic (exact) mass is 479 g/mol. The summed E-state index contributed by atoms with van der Waals surface area (Å²) < 4.78 is 16.6. The second-order valence-electron chi connectivity index (χ2n) is 7.72. The van der Waals surface area contributed by atoms with Crippen LogP contribution in [-0.4, -0.2) is 55.1 Å². The van der Waals surface area contributed by atoms with Crippen LogP contribution >= 0.6 is 11.3 Å². The minimum Gasteiger partial charge on any atom is -0.493 e. The number of hydrogen-bond acceptors (Lipinski definition) is 7. The molecular formula is C26H29N3O4S. The van der Waals surface area contributed by atoms with Crippen LogP contribution in [0.25, 0.3) is 22.0 Å². The molecular weight excluding hydrogens is 450 g/mol. The number of ether oxygens (including phenoxy) is 3. The van der Waals surface area contributed by atoms with Crippen molar-refractivity contribution < 1.29 is 19.3 Å². The van der Waals surface area contributed by atoms with Gasteiger partial charge in [-0.2, -0.15) is 0 Å². The topological polar surface area (TPSA) is 88.6 Å². The molecule has 2 aromatic carbocycles. The number of nitrogens with zero attached hydrogens (tertiary/aromatic N) is 1. The third kappa shape index (κ3) is 5.96. The molecule has 2 heterocycles. The fraction of sp³-hybridized carbons (Fsp3) is 0.269. The number of thiophene rings is 1. The molecule has 4 rings (SSSR count). The van der Waals surface area contributed by atoms with E-state index < -0.39 is 6.10 Å². The number of aliphatic hydroxyl groups is 1. The summed E-state index contributed by atoms with van der Waals surface area (Å²) in [4.78, 5) is 9.05. The van der Waals surface area contributed by atoms with Gasteiger partial charge in [0, 0.05) is 12.7 Å². The average Bonchev–Trinajstić information content (AvgIpc) is 3.58. The van der Waals surface area contributed by atoms with E-state index in [4.69, 9.17) is 19.2 Å². The molecule has 0 saturated carbocycles. The fourth-order valence-electron chi connectivity index (χ4n) is 3.58. The van der Waals surface area contributed by atoms with Gasteiger partial charge in [0.25, 0.3) is 0 Å². The van der Waals surface area contributed by atoms with Gasteiger partial charge in [-0.05, 0) is 54.2 Å². The maximum atomic E-state index is 10.4. The van der Waals surface area contributed by atoms with Gasteiger partial charge in [0.05, 0.1) is 30.4 Å². The summed E-state index contributed by atoms with van der Waals surface area (Å²) >= 11 is 1.65. The van der Waals surface area contributed by atoms with E-state index >= 15 is 0 Å². The van der Waals surface area contributed by atoms with Gasteiger partial charge >= 0.3 is 0 Å². The summed E-state index contributed by atoms with van der Waals surface area (Å²) in [6, 6.07) is 17.6. The number of H-pyrrole nitrogens is 1. The average molecular weight is 480 g/mol. The Morgan fingerprint density at radius 2 is 1.88 bits per heavy atom. The summed E-state index contributed by atoms with van der Waals surface area (Å²) in [6.07, 6.45) is 2.06. The molecule has 0 amide bonds. The molecule has 0 radical (unpaired) electrons. The van der Waals surface area contributed by atoms with E-state index in [-0.39, 0.29) is 6.61 Å². The van der Waals surface area contributed by atoms with Crippen LogP contribution in [0.1, 0.15) is 5.56 Å². The van der Waals surface area contributed by atoms with E-state index in [9.17, 15) is 5.11 Å². The van der Waals surface area contributed by atoms with Crippen molar-refractivity contribution in [2.24, 2.45) is 0 Å². The van der Waals surface area contributed by atoms with E-state index in [1.165, 1.54) is 0 Å². The molecule has 0 aliphatic carbocycles. The number of para-hydroxylation sites is 1. The number of imidazole rings is 1. The number of aromatic nitrogens is 2. The highest BCUT2D eigenvalue weighted by atomic mass is 32.1. The summed E-state index contributed by atoms with van der Waals surface area (Å²) in [5.41, 5.74) is 2.89. The number of aliphatic hydroxyl groups excluding tert-OH is 1. The summed E-state index contributed by atoms with van der Waals surface area (Å²) in [6.45, 7) is 1.33. The van der Waals surface area contributed by atoms with E-state index in [1.54, 1.807) is 25.6 Å². The number of benzene rings is 2. The Kier molecular flexibility index (Phi) is 8.19. The van der Waals surface area contributed by atoms with Crippen LogP contribution in [0.5, 0.6) is 17.2 Å². The quantitative estimate of drug-likeness (QED) is 0.261. The lowest BCUT2D eigenvalue weighted by Crippen LogP contribution is -2.32. The number of rotatable bonds is 12. The molecule has 178 valence electrons. The largest absolute Gasteiger partial charge is 0.493 e. The zero-order chi connectivity index (χ0) is 23.8. The van der Waals surface area contributed by atoms with Gasteiger partial charge in [0.1, 0.15) is 24.3 Å². The van der Waals surface area contributed by atoms with Crippen LogP contribution < -0.4 is 19.5 Å². The first-order valence-electron chi connectivity index (χ1n) is 11.1. The number of methoxy groups -OCH3 is 2. The maximum Gasteiger partial charge on any atom is 0.160 e.